The van der Waals surface area contributed by atoms with Crippen molar-refractivity contribution in [3.05, 3.63) is 60.6 Å². The van der Waals surface area contributed by atoms with Crippen molar-refractivity contribution in [3.63, 3.8) is 0 Å². The molecule has 7 nitrogen and oxygen atoms in total. The van der Waals surface area contributed by atoms with E-state index in [2.05, 4.69) is 25.3 Å². The average Bonchev–Trinajstić information content (AvgIpc) is 3.29. The van der Waals surface area contributed by atoms with E-state index in [0.29, 0.717) is 22.5 Å². The first-order chi connectivity index (χ1) is 17.0. The Labute approximate surface area is 199 Å². The zero-order valence-electron chi connectivity index (χ0n) is 18.7. The number of fused-ring (bicyclic) bond motifs is 4. The molecule has 0 amide bonds. The third-order valence-corrected chi connectivity index (χ3v) is 7.45. The van der Waals surface area contributed by atoms with Gasteiger partial charge in [-0.05, 0) is 55.7 Å². The number of rotatable bonds is 5. The Bertz CT molecular complexity index is 1420. The molecule has 3 N–H and O–H groups in total. The van der Waals surface area contributed by atoms with Crippen molar-refractivity contribution in [1.82, 2.24) is 19.9 Å². The molecule has 178 valence electrons. The lowest BCUT2D eigenvalue weighted by Gasteiger charge is -2.47. The second-order valence-electron chi connectivity index (χ2n) is 9.43. The van der Waals surface area contributed by atoms with Gasteiger partial charge >= 0.3 is 5.97 Å². The summed E-state index contributed by atoms with van der Waals surface area (Å²) in [5.41, 5.74) is 1.94. The van der Waals surface area contributed by atoms with Crippen LogP contribution in [0.3, 0.4) is 0 Å². The number of anilines is 1. The average molecular weight is 475 g/mol. The summed E-state index contributed by atoms with van der Waals surface area (Å²) in [6, 6.07) is 7.26. The number of benzene rings is 1. The molecule has 4 aromatic rings. The Morgan fingerprint density at radius 3 is 2.63 bits per heavy atom. The number of halogens is 2. The second kappa shape index (κ2) is 8.41. The fourth-order valence-corrected chi connectivity index (χ4v) is 5.83. The molecule has 3 fully saturated rings. The molecule has 0 saturated heterocycles. The Kier molecular flexibility index (Phi) is 5.20. The molecule has 3 saturated carbocycles. The van der Waals surface area contributed by atoms with E-state index >= 15 is 0 Å². The van der Waals surface area contributed by atoms with Gasteiger partial charge < -0.3 is 15.4 Å². The molecular weight excluding hydrogens is 452 g/mol. The normalized spacial score (nSPS) is 23.5. The summed E-state index contributed by atoms with van der Waals surface area (Å²) in [6.07, 6.45) is 8.73. The fourth-order valence-electron chi connectivity index (χ4n) is 5.83. The molecule has 0 spiro atoms. The number of pyridine rings is 1. The molecule has 7 rings (SSSR count). The van der Waals surface area contributed by atoms with E-state index in [-0.39, 0.29) is 29.2 Å². The summed E-state index contributed by atoms with van der Waals surface area (Å²) in [5.74, 6) is -1.52. The van der Waals surface area contributed by atoms with Crippen molar-refractivity contribution in [1.29, 1.82) is 0 Å². The predicted molar refractivity (Wildman–Crippen MR) is 126 cm³/mol. The van der Waals surface area contributed by atoms with Crippen LogP contribution >= 0.6 is 0 Å². The smallest absolute Gasteiger partial charge is 0.308 e. The maximum absolute atomic E-state index is 14.3. The van der Waals surface area contributed by atoms with Crippen molar-refractivity contribution in [2.45, 2.75) is 31.7 Å². The number of carboxylic acid groups (broad SMARTS) is 1. The lowest BCUT2D eigenvalue weighted by molar-refractivity contribution is -0.148. The number of carbonyl (C=O) groups is 1. The predicted octanol–water partition coefficient (Wildman–Crippen LogP) is 5.27. The highest BCUT2D eigenvalue weighted by molar-refractivity contribution is 5.94. The molecule has 2 bridgehead atoms. The molecule has 1 aromatic carbocycles. The number of nitrogens with one attached hydrogen (secondary N) is 2. The summed E-state index contributed by atoms with van der Waals surface area (Å²) in [5, 5.41) is 13.7. The van der Waals surface area contributed by atoms with E-state index in [1.165, 1.54) is 6.07 Å². The standard InChI is InChI=1S/C26H23F2N5O2/c27-16-8-17-18(12-30-24(17)19(28)9-16)25-31-20(15-2-1-7-29-11-15)10-21(33-25)32-23-14-5-3-13(4-6-14)22(23)26(34)35/h1-2,7-14,22-23,30H,3-6H2,(H,34,35)(H,31,32,33). The fraction of sp³-hybridized carbons (Fsp3) is 0.308. The molecule has 3 aromatic heterocycles. The molecule has 3 aliphatic rings. The maximum Gasteiger partial charge on any atom is 0.308 e. The van der Waals surface area contributed by atoms with Gasteiger partial charge in [-0.25, -0.2) is 18.7 Å². The van der Waals surface area contributed by atoms with Crippen LogP contribution in [0.5, 0.6) is 0 Å². The van der Waals surface area contributed by atoms with Crippen LogP contribution in [0.15, 0.2) is 48.9 Å². The van der Waals surface area contributed by atoms with E-state index in [0.717, 1.165) is 37.3 Å². The third-order valence-electron chi connectivity index (χ3n) is 7.45. The highest BCUT2D eigenvalue weighted by Crippen LogP contribution is 2.46. The minimum Gasteiger partial charge on any atom is -0.481 e. The zero-order chi connectivity index (χ0) is 24.1. The van der Waals surface area contributed by atoms with Gasteiger partial charge in [0.15, 0.2) is 5.82 Å². The van der Waals surface area contributed by atoms with Crippen molar-refractivity contribution in [3.8, 4) is 22.6 Å². The Morgan fingerprint density at radius 1 is 1.09 bits per heavy atom. The molecular formula is C26H23F2N5O2. The Balaban J connectivity index is 1.47. The van der Waals surface area contributed by atoms with E-state index < -0.39 is 23.5 Å². The summed E-state index contributed by atoms with van der Waals surface area (Å²) in [4.78, 5) is 28.5. The maximum atomic E-state index is 14.3. The molecule has 2 atom stereocenters. The van der Waals surface area contributed by atoms with Gasteiger partial charge in [0.05, 0.1) is 17.1 Å². The highest BCUT2D eigenvalue weighted by Gasteiger charge is 2.47. The van der Waals surface area contributed by atoms with Crippen LogP contribution < -0.4 is 5.32 Å². The number of carboxylic acids is 1. The molecule has 3 aliphatic carbocycles. The van der Waals surface area contributed by atoms with Crippen LogP contribution in [-0.4, -0.2) is 37.1 Å². The summed E-state index contributed by atoms with van der Waals surface area (Å²) >= 11 is 0. The largest absolute Gasteiger partial charge is 0.481 e. The highest BCUT2D eigenvalue weighted by atomic mass is 19.1. The molecule has 0 aliphatic heterocycles. The van der Waals surface area contributed by atoms with Gasteiger partial charge in [0.2, 0.25) is 0 Å². The summed E-state index contributed by atoms with van der Waals surface area (Å²) < 4.78 is 28.4. The van der Waals surface area contributed by atoms with Gasteiger partial charge in [-0.1, -0.05) is 0 Å². The van der Waals surface area contributed by atoms with Crippen molar-refractivity contribution >= 4 is 22.7 Å². The number of aromatic amines is 1. The number of H-pyrrole nitrogens is 1. The first-order valence-electron chi connectivity index (χ1n) is 11.7. The number of nitrogens with zero attached hydrogens (tertiary/aromatic N) is 3. The SMILES string of the molecule is O=C(O)C1C2CCC(CC2)C1Nc1cc(-c2cccnc2)nc(-c2c[nH]c3c(F)cc(F)cc23)n1. The van der Waals surface area contributed by atoms with Crippen LogP contribution in [0, 0.1) is 29.4 Å². The van der Waals surface area contributed by atoms with Crippen LogP contribution in [-0.2, 0) is 4.79 Å². The lowest BCUT2D eigenvalue weighted by Crippen LogP contribution is -2.51. The second-order valence-corrected chi connectivity index (χ2v) is 9.43. The van der Waals surface area contributed by atoms with Crippen LogP contribution in [0.25, 0.3) is 33.5 Å². The Morgan fingerprint density at radius 2 is 1.89 bits per heavy atom. The first kappa shape index (κ1) is 21.6. The first-order valence-corrected chi connectivity index (χ1v) is 11.7. The van der Waals surface area contributed by atoms with E-state index in [1.54, 1.807) is 30.7 Å². The lowest BCUT2D eigenvalue weighted by atomic mass is 9.61. The van der Waals surface area contributed by atoms with Gasteiger partial charge in [-0.2, -0.15) is 0 Å². The van der Waals surface area contributed by atoms with E-state index in [1.807, 2.05) is 6.07 Å². The van der Waals surface area contributed by atoms with Crippen molar-refractivity contribution < 1.29 is 18.7 Å². The van der Waals surface area contributed by atoms with Gasteiger partial charge in [0, 0.05) is 53.3 Å². The monoisotopic (exact) mass is 475 g/mol. The third kappa shape index (κ3) is 3.80. The number of hydrogen-bond donors (Lipinski definition) is 3. The van der Waals surface area contributed by atoms with Gasteiger partial charge in [-0.15, -0.1) is 0 Å². The molecule has 2 unspecified atom stereocenters. The zero-order valence-corrected chi connectivity index (χ0v) is 18.7. The molecule has 0 radical (unpaired) electrons. The number of aliphatic carboxylic acids is 1. The van der Waals surface area contributed by atoms with Crippen LogP contribution in [0.4, 0.5) is 14.6 Å². The molecule has 35 heavy (non-hydrogen) atoms. The number of hydrogen-bond acceptors (Lipinski definition) is 5. The van der Waals surface area contributed by atoms with Gasteiger partial charge in [0.25, 0.3) is 0 Å². The number of aromatic nitrogens is 4. The Hall–Kier alpha value is -3.88. The minimum absolute atomic E-state index is 0.147. The van der Waals surface area contributed by atoms with E-state index in [4.69, 9.17) is 0 Å². The summed E-state index contributed by atoms with van der Waals surface area (Å²) in [7, 11) is 0. The summed E-state index contributed by atoms with van der Waals surface area (Å²) in [6.45, 7) is 0. The molecule has 9 heteroatoms. The van der Waals surface area contributed by atoms with Crippen LogP contribution in [0.2, 0.25) is 0 Å². The van der Waals surface area contributed by atoms with Crippen molar-refractivity contribution in [2.75, 3.05) is 5.32 Å². The topological polar surface area (TPSA) is 104 Å². The van der Waals surface area contributed by atoms with Gasteiger partial charge in [-0.3, -0.25) is 9.78 Å². The van der Waals surface area contributed by atoms with Crippen LogP contribution in [0.1, 0.15) is 25.7 Å². The van der Waals surface area contributed by atoms with Gasteiger partial charge in [0.1, 0.15) is 17.5 Å². The minimum atomic E-state index is -0.791. The molecule has 3 heterocycles. The van der Waals surface area contributed by atoms with E-state index in [9.17, 15) is 18.7 Å². The quantitative estimate of drug-likeness (QED) is 0.364. The van der Waals surface area contributed by atoms with Crippen molar-refractivity contribution in [2.24, 2.45) is 17.8 Å².